The Labute approximate surface area is 226 Å². The van der Waals surface area contributed by atoms with Crippen LogP contribution in [0.1, 0.15) is 16.7 Å². The summed E-state index contributed by atoms with van der Waals surface area (Å²) < 4.78 is 7.08. The summed E-state index contributed by atoms with van der Waals surface area (Å²) in [5.74, 6) is -1.04. The summed E-state index contributed by atoms with van der Waals surface area (Å²) >= 11 is 9.67. The van der Waals surface area contributed by atoms with Crippen LogP contribution in [0.25, 0.3) is 16.8 Å². The van der Waals surface area contributed by atoms with Gasteiger partial charge < -0.3 is 4.74 Å². The molecule has 0 unspecified atom stereocenters. The molecule has 0 radical (unpaired) electrons. The quantitative estimate of drug-likeness (QED) is 0.210. The maximum absolute atomic E-state index is 13.6. The lowest BCUT2D eigenvalue weighted by atomic mass is 9.99. The molecule has 37 heavy (non-hydrogen) atoms. The summed E-state index contributed by atoms with van der Waals surface area (Å²) in [7, 11) is 0. The van der Waals surface area contributed by atoms with Gasteiger partial charge in [-0.1, -0.05) is 82.1 Å². The van der Waals surface area contributed by atoms with E-state index in [-0.39, 0.29) is 12.2 Å². The number of ether oxygens (including phenoxy) is 1. The molecular weight excluding hydrogens is 556 g/mol. The minimum Gasteiger partial charge on any atom is -0.488 e. The van der Waals surface area contributed by atoms with E-state index in [4.69, 9.17) is 16.3 Å². The molecule has 1 saturated heterocycles. The van der Waals surface area contributed by atoms with Crippen LogP contribution in [0.15, 0.2) is 88.9 Å². The molecule has 0 atom stereocenters. The van der Waals surface area contributed by atoms with Gasteiger partial charge in [0.2, 0.25) is 0 Å². The highest BCUT2D eigenvalue weighted by Gasteiger charge is 2.37. The molecule has 184 valence electrons. The summed E-state index contributed by atoms with van der Waals surface area (Å²) in [5.41, 5.74) is 2.26. The van der Waals surface area contributed by atoms with Crippen LogP contribution < -0.4 is 15.0 Å². The fourth-order valence-electron chi connectivity index (χ4n) is 4.17. The molecule has 1 heterocycles. The molecule has 4 aromatic rings. The van der Waals surface area contributed by atoms with Crippen LogP contribution in [-0.4, -0.2) is 17.8 Å². The number of rotatable bonds is 5. The van der Waals surface area contributed by atoms with Crippen molar-refractivity contribution in [2.45, 2.75) is 13.5 Å². The lowest BCUT2D eigenvalue weighted by molar-refractivity contribution is -0.122. The van der Waals surface area contributed by atoms with Crippen molar-refractivity contribution in [3.05, 3.63) is 111 Å². The topological polar surface area (TPSA) is 75.7 Å². The Morgan fingerprint density at radius 2 is 1.73 bits per heavy atom. The Balaban J connectivity index is 1.61. The summed E-state index contributed by atoms with van der Waals surface area (Å²) in [4.78, 5) is 40.1. The van der Waals surface area contributed by atoms with Crippen LogP contribution >= 0.6 is 27.5 Å². The predicted molar refractivity (Wildman–Crippen MR) is 148 cm³/mol. The molecule has 4 amide bonds. The molecule has 1 fully saturated rings. The highest BCUT2D eigenvalue weighted by Crippen LogP contribution is 2.33. The SMILES string of the molecule is Cc1ccc(Cl)cc1N1C(=O)NC(=O)/C(=C\c2c(OCc3ccccc3Br)ccc3ccccc23)C1=O. The van der Waals surface area contributed by atoms with Gasteiger partial charge in [-0.2, -0.15) is 0 Å². The second-order valence-electron chi connectivity index (χ2n) is 8.47. The van der Waals surface area contributed by atoms with Crippen molar-refractivity contribution < 1.29 is 19.1 Å². The van der Waals surface area contributed by atoms with Crippen molar-refractivity contribution in [1.82, 2.24) is 5.32 Å². The van der Waals surface area contributed by atoms with Gasteiger partial charge in [-0.3, -0.25) is 14.9 Å². The van der Waals surface area contributed by atoms with Crippen LogP contribution in [0.5, 0.6) is 5.75 Å². The molecule has 0 bridgehead atoms. The van der Waals surface area contributed by atoms with Gasteiger partial charge in [-0.25, -0.2) is 9.69 Å². The average molecular weight is 576 g/mol. The Morgan fingerprint density at radius 1 is 0.973 bits per heavy atom. The third kappa shape index (κ3) is 4.88. The van der Waals surface area contributed by atoms with E-state index in [0.29, 0.717) is 27.6 Å². The van der Waals surface area contributed by atoms with Crippen LogP contribution in [0.4, 0.5) is 10.5 Å². The van der Waals surface area contributed by atoms with E-state index >= 15 is 0 Å². The number of benzene rings is 4. The highest BCUT2D eigenvalue weighted by molar-refractivity contribution is 9.10. The van der Waals surface area contributed by atoms with E-state index in [1.54, 1.807) is 25.1 Å². The molecule has 0 aromatic heterocycles. The maximum Gasteiger partial charge on any atom is 0.335 e. The monoisotopic (exact) mass is 574 g/mol. The third-order valence-corrected chi connectivity index (χ3v) is 7.08. The number of barbiturate groups is 1. The van der Waals surface area contributed by atoms with Crippen molar-refractivity contribution in [3.8, 4) is 5.75 Å². The molecule has 1 N–H and O–H groups in total. The van der Waals surface area contributed by atoms with E-state index in [9.17, 15) is 14.4 Å². The number of nitrogens with one attached hydrogen (secondary N) is 1. The molecule has 4 aromatic carbocycles. The predicted octanol–water partition coefficient (Wildman–Crippen LogP) is 6.81. The Bertz CT molecular complexity index is 1620. The van der Waals surface area contributed by atoms with Gasteiger partial charge in [-0.15, -0.1) is 0 Å². The second kappa shape index (κ2) is 10.2. The third-order valence-electron chi connectivity index (χ3n) is 6.07. The summed E-state index contributed by atoms with van der Waals surface area (Å²) in [6.45, 7) is 2.02. The van der Waals surface area contributed by atoms with Crippen molar-refractivity contribution in [2.24, 2.45) is 0 Å². The molecular formula is C29H20BrClN2O4. The van der Waals surface area contributed by atoms with Crippen molar-refractivity contribution in [3.63, 3.8) is 0 Å². The zero-order valence-corrected chi connectivity index (χ0v) is 22.0. The molecule has 8 heteroatoms. The van der Waals surface area contributed by atoms with Gasteiger partial charge in [0, 0.05) is 20.6 Å². The fourth-order valence-corrected chi connectivity index (χ4v) is 4.73. The van der Waals surface area contributed by atoms with Gasteiger partial charge in [-0.05, 0) is 53.6 Å². The largest absolute Gasteiger partial charge is 0.488 e. The average Bonchev–Trinajstić information content (AvgIpc) is 2.88. The molecule has 5 rings (SSSR count). The number of amides is 4. The van der Waals surface area contributed by atoms with E-state index in [0.717, 1.165) is 25.7 Å². The van der Waals surface area contributed by atoms with Gasteiger partial charge >= 0.3 is 6.03 Å². The fraction of sp³-hybridized carbons (Fsp3) is 0.0690. The molecule has 0 aliphatic carbocycles. The van der Waals surface area contributed by atoms with Crippen LogP contribution in [0.2, 0.25) is 5.02 Å². The van der Waals surface area contributed by atoms with E-state index in [1.807, 2.05) is 54.6 Å². The molecule has 0 saturated carbocycles. The number of hydrogen-bond donors (Lipinski definition) is 1. The first kappa shape index (κ1) is 24.7. The number of anilines is 1. The number of imide groups is 2. The van der Waals surface area contributed by atoms with Crippen molar-refractivity contribution >= 4 is 67.9 Å². The summed E-state index contributed by atoms with van der Waals surface area (Å²) in [6, 6.07) is 23.1. The number of halogens is 2. The minimum atomic E-state index is -0.833. The molecule has 1 aliphatic rings. The Kier molecular flexibility index (Phi) is 6.82. The standard InChI is InChI=1S/C29H20BrClN2O4/c1-17-10-12-20(31)14-25(17)33-28(35)23(27(34)32-29(33)36)15-22-21-8-4-2-6-18(21)11-13-26(22)37-16-19-7-3-5-9-24(19)30/h2-15H,16H2,1H3,(H,32,34,36)/b23-15+. The van der Waals surface area contributed by atoms with Crippen molar-refractivity contribution in [2.75, 3.05) is 4.90 Å². The first-order valence-electron chi connectivity index (χ1n) is 11.4. The second-order valence-corrected chi connectivity index (χ2v) is 9.76. The van der Waals surface area contributed by atoms with Gasteiger partial charge in [0.1, 0.15) is 17.9 Å². The number of fused-ring (bicyclic) bond motifs is 1. The van der Waals surface area contributed by atoms with Gasteiger partial charge in [0.15, 0.2) is 0 Å². The van der Waals surface area contributed by atoms with Gasteiger partial charge in [0.25, 0.3) is 11.8 Å². The number of carbonyl (C=O) groups excluding carboxylic acids is 3. The number of carbonyl (C=O) groups is 3. The Hall–Kier alpha value is -3.94. The highest BCUT2D eigenvalue weighted by atomic mass is 79.9. The number of hydrogen-bond acceptors (Lipinski definition) is 4. The number of aryl methyl sites for hydroxylation is 1. The van der Waals surface area contributed by atoms with E-state index in [1.165, 1.54) is 12.1 Å². The molecule has 6 nitrogen and oxygen atoms in total. The van der Waals surface area contributed by atoms with E-state index < -0.39 is 17.8 Å². The van der Waals surface area contributed by atoms with Crippen LogP contribution in [-0.2, 0) is 16.2 Å². The number of urea groups is 1. The summed E-state index contributed by atoms with van der Waals surface area (Å²) in [5, 5.41) is 4.34. The maximum atomic E-state index is 13.6. The van der Waals surface area contributed by atoms with Crippen LogP contribution in [0.3, 0.4) is 0 Å². The zero-order chi connectivity index (χ0) is 26.1. The minimum absolute atomic E-state index is 0.193. The lowest BCUT2D eigenvalue weighted by Gasteiger charge is -2.28. The zero-order valence-electron chi connectivity index (χ0n) is 19.6. The normalized spacial score (nSPS) is 14.8. The van der Waals surface area contributed by atoms with E-state index in [2.05, 4.69) is 21.2 Å². The van der Waals surface area contributed by atoms with Gasteiger partial charge in [0.05, 0.1) is 5.69 Å². The lowest BCUT2D eigenvalue weighted by Crippen LogP contribution is -2.54. The molecule has 1 aliphatic heterocycles. The first-order valence-corrected chi connectivity index (χ1v) is 12.6. The smallest absolute Gasteiger partial charge is 0.335 e. The molecule has 0 spiro atoms. The number of nitrogens with zero attached hydrogens (tertiary/aromatic N) is 1. The Morgan fingerprint density at radius 3 is 2.54 bits per heavy atom. The summed E-state index contributed by atoms with van der Waals surface area (Å²) in [6.07, 6.45) is 1.48. The first-order chi connectivity index (χ1) is 17.8. The van der Waals surface area contributed by atoms with Crippen LogP contribution in [0, 0.1) is 6.92 Å². The van der Waals surface area contributed by atoms with Crippen molar-refractivity contribution in [1.29, 1.82) is 0 Å².